The van der Waals surface area contributed by atoms with E-state index in [0.29, 0.717) is 6.54 Å². The van der Waals surface area contributed by atoms with E-state index in [4.69, 9.17) is 0 Å². The lowest BCUT2D eigenvalue weighted by atomic mass is 10.0. The highest BCUT2D eigenvalue weighted by molar-refractivity contribution is 5.98. The van der Waals surface area contributed by atoms with Crippen molar-refractivity contribution < 1.29 is 5.11 Å². The number of para-hydroxylation sites is 1. The second-order valence-corrected chi connectivity index (χ2v) is 3.92. The summed E-state index contributed by atoms with van der Waals surface area (Å²) < 4.78 is 1.83. The highest BCUT2D eigenvalue weighted by Gasteiger charge is 2.10. The second kappa shape index (κ2) is 3.27. The third-order valence-electron chi connectivity index (χ3n) is 3.09. The van der Waals surface area contributed by atoms with Crippen LogP contribution in [0.5, 0.6) is 5.88 Å². The number of rotatable bonds is 1. The second-order valence-electron chi connectivity index (χ2n) is 3.92. The number of pyridine rings is 1. The van der Waals surface area contributed by atoms with Gasteiger partial charge in [-0.3, -0.25) is 0 Å². The van der Waals surface area contributed by atoms with Gasteiger partial charge in [0.1, 0.15) is 0 Å². The molecule has 80 valence electrons. The third-order valence-corrected chi connectivity index (χ3v) is 3.09. The van der Waals surface area contributed by atoms with Crippen LogP contribution in [0.25, 0.3) is 22.0 Å². The van der Waals surface area contributed by atoms with Crippen LogP contribution in [0.2, 0.25) is 0 Å². The Balaban J connectivity index is 2.59. The minimum atomic E-state index is 0.112. The molecule has 0 aromatic heterocycles. The lowest BCUT2D eigenvalue weighted by Crippen LogP contribution is -2.09. The number of benzene rings is 1. The van der Waals surface area contributed by atoms with E-state index >= 15 is 0 Å². The van der Waals surface area contributed by atoms with Gasteiger partial charge in [-0.25, -0.2) is 0 Å². The molecule has 2 heteroatoms. The molecule has 1 heterocycles. The van der Waals surface area contributed by atoms with E-state index in [2.05, 4.69) is 6.07 Å². The average Bonchev–Trinajstić information content (AvgIpc) is 2.79. The van der Waals surface area contributed by atoms with Crippen LogP contribution in [0.4, 0.5) is 0 Å². The maximum absolute atomic E-state index is 12.2. The summed E-state index contributed by atoms with van der Waals surface area (Å²) in [5, 5.41) is 13.4. The first-order valence-electron chi connectivity index (χ1n) is 5.50. The molecule has 2 nitrogen and oxygen atoms in total. The summed E-state index contributed by atoms with van der Waals surface area (Å²) in [6.07, 6.45) is 0. The van der Waals surface area contributed by atoms with E-state index in [1.165, 1.54) is 0 Å². The number of aryl methyl sites for hydroxylation is 1. The molecule has 2 aliphatic rings. The molecule has 0 radical (unpaired) electrons. The first-order valence-corrected chi connectivity index (χ1v) is 5.50. The fourth-order valence-corrected chi connectivity index (χ4v) is 2.35. The summed E-state index contributed by atoms with van der Waals surface area (Å²) in [4.78, 5) is 0. The quantitative estimate of drug-likeness (QED) is 0.607. The van der Waals surface area contributed by atoms with Gasteiger partial charge in [0, 0.05) is 17.4 Å². The SMILES string of the molecule is CCn1c([O-])c2cccc-2c2ccccc21. The third kappa shape index (κ3) is 1.07. The van der Waals surface area contributed by atoms with Gasteiger partial charge < -0.3 is 9.67 Å². The molecule has 0 amide bonds. The van der Waals surface area contributed by atoms with Gasteiger partial charge in [0.15, 0.2) is 0 Å². The molecule has 16 heavy (non-hydrogen) atoms. The Labute approximate surface area is 94.1 Å². The van der Waals surface area contributed by atoms with E-state index in [0.717, 1.165) is 22.0 Å². The normalized spacial score (nSPS) is 11.3. The molecule has 0 atom stereocenters. The van der Waals surface area contributed by atoms with E-state index in [1.54, 1.807) is 0 Å². The van der Waals surface area contributed by atoms with Crippen molar-refractivity contribution in [1.29, 1.82) is 0 Å². The van der Waals surface area contributed by atoms with E-state index in [9.17, 15) is 5.11 Å². The van der Waals surface area contributed by atoms with Crippen molar-refractivity contribution in [3.05, 3.63) is 42.5 Å². The molecule has 0 spiro atoms. The number of aromatic nitrogens is 1. The Kier molecular flexibility index (Phi) is 1.90. The van der Waals surface area contributed by atoms with Crippen molar-refractivity contribution in [2.45, 2.75) is 13.5 Å². The van der Waals surface area contributed by atoms with Crippen molar-refractivity contribution in [3.63, 3.8) is 0 Å². The van der Waals surface area contributed by atoms with Gasteiger partial charge in [-0.15, -0.1) is 0 Å². The first kappa shape index (κ1) is 9.28. The highest BCUT2D eigenvalue weighted by atomic mass is 16.3. The smallest absolute Gasteiger partial charge is 0.0480 e. The zero-order chi connectivity index (χ0) is 11.1. The molecule has 0 saturated heterocycles. The van der Waals surface area contributed by atoms with Crippen molar-refractivity contribution in [2.75, 3.05) is 0 Å². The lowest BCUT2D eigenvalue weighted by Gasteiger charge is -2.24. The van der Waals surface area contributed by atoms with Crippen molar-refractivity contribution in [1.82, 2.24) is 4.57 Å². The fraction of sp³-hybridized carbons (Fsp3) is 0.143. The van der Waals surface area contributed by atoms with Gasteiger partial charge in [-0.1, -0.05) is 36.4 Å². The Morgan fingerprint density at radius 2 is 1.75 bits per heavy atom. The molecule has 3 rings (SSSR count). The molecule has 0 fully saturated rings. The molecule has 1 aliphatic heterocycles. The van der Waals surface area contributed by atoms with Gasteiger partial charge >= 0.3 is 0 Å². The van der Waals surface area contributed by atoms with Crippen LogP contribution in [0.3, 0.4) is 0 Å². The minimum absolute atomic E-state index is 0.112. The average molecular weight is 210 g/mol. The summed E-state index contributed by atoms with van der Waals surface area (Å²) in [6.45, 7) is 2.71. The monoisotopic (exact) mass is 210 g/mol. The number of hydrogen-bond acceptors (Lipinski definition) is 1. The van der Waals surface area contributed by atoms with E-state index in [1.807, 2.05) is 47.9 Å². The molecule has 1 aromatic rings. The molecular weight excluding hydrogens is 198 g/mol. The van der Waals surface area contributed by atoms with Crippen LogP contribution in [-0.2, 0) is 6.54 Å². The number of nitrogens with zero attached hydrogens (tertiary/aromatic N) is 1. The standard InChI is InChI=1S/C14H13NO/c1-2-15-13-9-4-3-6-11(13)10-7-5-8-12(10)14(15)16/h3-9,16H,2H2,1H3/p-1. The molecule has 0 N–H and O–H groups in total. The molecule has 0 unspecified atom stereocenters. The fourth-order valence-electron chi connectivity index (χ4n) is 2.35. The topological polar surface area (TPSA) is 28.0 Å². The largest absolute Gasteiger partial charge is 0.860 e. The zero-order valence-electron chi connectivity index (χ0n) is 9.10. The molecular formula is C14H12NO-. The number of fused-ring (bicyclic) bond motifs is 3. The van der Waals surface area contributed by atoms with Gasteiger partial charge in [-0.2, -0.15) is 0 Å². The first-order chi connectivity index (χ1) is 7.83. The zero-order valence-corrected chi connectivity index (χ0v) is 9.10. The summed E-state index contributed by atoms with van der Waals surface area (Å²) in [5.74, 6) is 0.112. The van der Waals surface area contributed by atoms with E-state index in [-0.39, 0.29) is 5.88 Å². The van der Waals surface area contributed by atoms with Gasteiger partial charge in [-0.05, 0) is 30.0 Å². The van der Waals surface area contributed by atoms with Crippen molar-refractivity contribution >= 4 is 10.9 Å². The van der Waals surface area contributed by atoms with Gasteiger partial charge in [0.05, 0.1) is 0 Å². The maximum Gasteiger partial charge on any atom is 0.0480 e. The van der Waals surface area contributed by atoms with E-state index < -0.39 is 0 Å². The Hall–Kier alpha value is -1.96. The van der Waals surface area contributed by atoms with Crippen molar-refractivity contribution in [3.8, 4) is 17.0 Å². The highest BCUT2D eigenvalue weighted by Crippen LogP contribution is 2.37. The summed E-state index contributed by atoms with van der Waals surface area (Å²) in [5.41, 5.74) is 2.90. The van der Waals surface area contributed by atoms with Crippen LogP contribution in [0.15, 0.2) is 42.5 Å². The predicted octanol–water partition coefficient (Wildman–Crippen LogP) is 2.84. The molecule has 1 aromatic carbocycles. The van der Waals surface area contributed by atoms with Crippen LogP contribution in [-0.4, -0.2) is 4.57 Å². The Morgan fingerprint density at radius 3 is 2.56 bits per heavy atom. The van der Waals surface area contributed by atoms with Crippen LogP contribution in [0, 0.1) is 0 Å². The van der Waals surface area contributed by atoms with Crippen LogP contribution >= 0.6 is 0 Å². The maximum atomic E-state index is 12.2. The minimum Gasteiger partial charge on any atom is -0.860 e. The predicted molar refractivity (Wildman–Crippen MR) is 63.7 cm³/mol. The summed E-state index contributed by atoms with van der Waals surface area (Å²) in [6, 6.07) is 13.9. The molecule has 0 bridgehead atoms. The number of hydrogen-bond donors (Lipinski definition) is 0. The summed E-state index contributed by atoms with van der Waals surface area (Å²) >= 11 is 0. The van der Waals surface area contributed by atoms with Crippen molar-refractivity contribution in [2.24, 2.45) is 0 Å². The Bertz CT molecular complexity index is 624. The van der Waals surface area contributed by atoms with Crippen LogP contribution in [0.1, 0.15) is 6.92 Å². The summed E-state index contributed by atoms with van der Waals surface area (Å²) in [7, 11) is 0. The Morgan fingerprint density at radius 1 is 1.00 bits per heavy atom. The molecule has 1 aliphatic carbocycles. The van der Waals surface area contributed by atoms with Gasteiger partial charge in [0.2, 0.25) is 0 Å². The van der Waals surface area contributed by atoms with Crippen LogP contribution < -0.4 is 5.11 Å². The van der Waals surface area contributed by atoms with Gasteiger partial charge in [0.25, 0.3) is 0 Å². The molecule has 0 saturated carbocycles. The lowest BCUT2D eigenvalue weighted by molar-refractivity contribution is -0.277.